The van der Waals surface area contributed by atoms with Gasteiger partial charge in [0.25, 0.3) is 0 Å². The Balaban J connectivity index is 2.60. The Kier molecular flexibility index (Phi) is 2.85. The average molecular weight is 268 g/mol. The van der Waals surface area contributed by atoms with E-state index < -0.39 is 0 Å². The molecule has 2 nitrogen and oxygen atoms in total. The first-order chi connectivity index (χ1) is 7.08. The molecule has 0 aliphatic carbocycles. The summed E-state index contributed by atoms with van der Waals surface area (Å²) in [5.74, 6) is 0.973. The molecule has 80 valence electrons. The molecule has 15 heavy (non-hydrogen) atoms. The first-order valence-corrected chi connectivity index (χ1v) is 5.80. The van der Waals surface area contributed by atoms with Crippen molar-refractivity contribution in [3.8, 4) is 0 Å². The van der Waals surface area contributed by atoms with Crippen molar-refractivity contribution in [3.63, 3.8) is 0 Å². The molecule has 0 aliphatic heterocycles. The number of halogens is 1. The van der Waals surface area contributed by atoms with Crippen molar-refractivity contribution in [2.45, 2.75) is 26.3 Å². The van der Waals surface area contributed by atoms with Crippen LogP contribution in [-0.4, -0.2) is 6.04 Å². The van der Waals surface area contributed by atoms with E-state index in [9.17, 15) is 0 Å². The monoisotopic (exact) mass is 267 g/mol. The molecule has 3 heteroatoms. The topological polar surface area (TPSA) is 39.2 Å². The third-order valence-electron chi connectivity index (χ3n) is 2.48. The van der Waals surface area contributed by atoms with Gasteiger partial charge in [-0.05, 0) is 38.5 Å². The quantitative estimate of drug-likeness (QED) is 0.906. The maximum absolute atomic E-state index is 5.83. The summed E-state index contributed by atoms with van der Waals surface area (Å²) >= 11 is 3.47. The first-order valence-electron chi connectivity index (χ1n) is 5.01. The predicted molar refractivity (Wildman–Crippen MR) is 66.0 cm³/mol. The van der Waals surface area contributed by atoms with Crippen LogP contribution in [0.3, 0.4) is 0 Å². The van der Waals surface area contributed by atoms with Gasteiger partial charge in [0.15, 0.2) is 0 Å². The second kappa shape index (κ2) is 3.99. The highest BCUT2D eigenvalue weighted by atomic mass is 79.9. The molecule has 2 aromatic rings. The molecule has 2 N–H and O–H groups in total. The van der Waals surface area contributed by atoms with Gasteiger partial charge >= 0.3 is 0 Å². The van der Waals surface area contributed by atoms with Crippen LogP contribution in [0.2, 0.25) is 0 Å². The zero-order valence-corrected chi connectivity index (χ0v) is 10.5. The van der Waals surface area contributed by atoms with Crippen molar-refractivity contribution in [1.82, 2.24) is 0 Å². The van der Waals surface area contributed by atoms with Crippen LogP contribution in [-0.2, 0) is 6.42 Å². The molecule has 0 amide bonds. The SMILES string of the molecule is Cc1oc2ccc(Br)cc2c1CC(C)N. The lowest BCUT2D eigenvalue weighted by molar-refractivity contribution is 0.567. The highest BCUT2D eigenvalue weighted by molar-refractivity contribution is 9.10. The van der Waals surface area contributed by atoms with Crippen LogP contribution in [0, 0.1) is 6.92 Å². The van der Waals surface area contributed by atoms with Crippen molar-refractivity contribution in [2.75, 3.05) is 0 Å². The highest BCUT2D eigenvalue weighted by Crippen LogP contribution is 2.28. The Morgan fingerprint density at radius 3 is 2.87 bits per heavy atom. The summed E-state index contributed by atoms with van der Waals surface area (Å²) in [6.07, 6.45) is 0.856. The summed E-state index contributed by atoms with van der Waals surface area (Å²) in [4.78, 5) is 0. The van der Waals surface area contributed by atoms with Crippen molar-refractivity contribution >= 4 is 26.9 Å². The lowest BCUT2D eigenvalue weighted by atomic mass is 10.0. The number of hydrogen-bond acceptors (Lipinski definition) is 2. The molecule has 0 radical (unpaired) electrons. The van der Waals surface area contributed by atoms with Crippen LogP contribution in [0.15, 0.2) is 27.1 Å². The molecule has 0 saturated carbocycles. The standard InChI is InChI=1S/C12H14BrNO/c1-7(14)5-10-8(2)15-12-4-3-9(13)6-11(10)12/h3-4,6-7H,5,14H2,1-2H3. The minimum atomic E-state index is 0.156. The number of fused-ring (bicyclic) bond motifs is 1. The molecule has 0 spiro atoms. The fourth-order valence-electron chi connectivity index (χ4n) is 1.82. The average Bonchev–Trinajstić information content (AvgIpc) is 2.43. The van der Waals surface area contributed by atoms with E-state index in [2.05, 4.69) is 22.0 Å². The summed E-state index contributed by atoms with van der Waals surface area (Å²) in [5.41, 5.74) is 7.99. The third-order valence-corrected chi connectivity index (χ3v) is 2.97. The summed E-state index contributed by atoms with van der Waals surface area (Å²) in [5, 5.41) is 1.17. The van der Waals surface area contributed by atoms with Gasteiger partial charge in [-0.1, -0.05) is 15.9 Å². The summed E-state index contributed by atoms with van der Waals surface area (Å²) in [6.45, 7) is 4.00. The molecular formula is C12H14BrNO. The molecule has 0 bridgehead atoms. The van der Waals surface area contributed by atoms with Crippen LogP contribution in [0.4, 0.5) is 0 Å². The maximum Gasteiger partial charge on any atom is 0.134 e. The van der Waals surface area contributed by atoms with Gasteiger partial charge in [-0.15, -0.1) is 0 Å². The molecule has 1 heterocycles. The third kappa shape index (κ3) is 2.08. The minimum Gasteiger partial charge on any atom is -0.461 e. The zero-order chi connectivity index (χ0) is 11.0. The van der Waals surface area contributed by atoms with Crippen LogP contribution in [0.25, 0.3) is 11.0 Å². The van der Waals surface area contributed by atoms with Gasteiger partial charge in [0, 0.05) is 21.5 Å². The van der Waals surface area contributed by atoms with Crippen LogP contribution in [0.5, 0.6) is 0 Å². The number of aryl methyl sites for hydroxylation is 1. The second-order valence-corrected chi connectivity index (χ2v) is 4.87. The Labute approximate surface area is 97.6 Å². The normalized spacial score (nSPS) is 13.3. The van der Waals surface area contributed by atoms with E-state index in [0.29, 0.717) is 0 Å². The second-order valence-electron chi connectivity index (χ2n) is 3.96. The molecule has 1 aromatic heterocycles. The van der Waals surface area contributed by atoms with Gasteiger partial charge in [-0.3, -0.25) is 0 Å². The van der Waals surface area contributed by atoms with E-state index in [1.54, 1.807) is 0 Å². The van der Waals surface area contributed by atoms with Gasteiger partial charge in [0.1, 0.15) is 11.3 Å². The van der Waals surface area contributed by atoms with Gasteiger partial charge < -0.3 is 10.2 Å². The fraction of sp³-hybridized carbons (Fsp3) is 0.333. The molecule has 1 aromatic carbocycles. The van der Waals surface area contributed by atoms with E-state index in [-0.39, 0.29) is 6.04 Å². The predicted octanol–water partition coefficient (Wildman–Crippen LogP) is 3.39. The number of benzene rings is 1. The van der Waals surface area contributed by atoms with Gasteiger partial charge in [0.05, 0.1) is 0 Å². The lowest BCUT2D eigenvalue weighted by Crippen LogP contribution is -2.17. The molecule has 1 unspecified atom stereocenters. The number of hydrogen-bond donors (Lipinski definition) is 1. The first kappa shape index (κ1) is 10.7. The maximum atomic E-state index is 5.83. The van der Waals surface area contributed by atoms with E-state index in [0.717, 1.165) is 22.2 Å². The Morgan fingerprint density at radius 1 is 1.47 bits per heavy atom. The lowest BCUT2D eigenvalue weighted by Gasteiger charge is -2.03. The van der Waals surface area contributed by atoms with E-state index in [1.807, 2.05) is 26.0 Å². The number of nitrogens with two attached hydrogens (primary N) is 1. The smallest absolute Gasteiger partial charge is 0.134 e. The highest BCUT2D eigenvalue weighted by Gasteiger charge is 2.12. The van der Waals surface area contributed by atoms with E-state index >= 15 is 0 Å². The zero-order valence-electron chi connectivity index (χ0n) is 8.88. The largest absolute Gasteiger partial charge is 0.461 e. The number of furan rings is 1. The van der Waals surface area contributed by atoms with Crippen LogP contribution in [0.1, 0.15) is 18.2 Å². The van der Waals surface area contributed by atoms with Crippen molar-refractivity contribution in [1.29, 1.82) is 0 Å². The Hall–Kier alpha value is -0.800. The van der Waals surface area contributed by atoms with Crippen molar-refractivity contribution < 1.29 is 4.42 Å². The molecular weight excluding hydrogens is 254 g/mol. The number of rotatable bonds is 2. The fourth-order valence-corrected chi connectivity index (χ4v) is 2.18. The van der Waals surface area contributed by atoms with Crippen molar-refractivity contribution in [3.05, 3.63) is 34.0 Å². The summed E-state index contributed by atoms with van der Waals surface area (Å²) in [7, 11) is 0. The summed E-state index contributed by atoms with van der Waals surface area (Å²) < 4.78 is 6.75. The molecule has 2 rings (SSSR count). The van der Waals surface area contributed by atoms with E-state index in [4.69, 9.17) is 10.2 Å². The van der Waals surface area contributed by atoms with Gasteiger partial charge in [-0.2, -0.15) is 0 Å². The van der Waals surface area contributed by atoms with Gasteiger partial charge in [-0.25, -0.2) is 0 Å². The van der Waals surface area contributed by atoms with Crippen LogP contribution < -0.4 is 5.73 Å². The molecule has 1 atom stereocenters. The minimum absolute atomic E-state index is 0.156. The Bertz CT molecular complexity index is 488. The van der Waals surface area contributed by atoms with Gasteiger partial charge in [0.2, 0.25) is 0 Å². The molecule has 0 aliphatic rings. The molecule has 0 fully saturated rings. The summed E-state index contributed by atoms with van der Waals surface area (Å²) in [6, 6.07) is 6.21. The molecule has 0 saturated heterocycles. The Morgan fingerprint density at radius 2 is 2.20 bits per heavy atom. The van der Waals surface area contributed by atoms with E-state index in [1.165, 1.54) is 10.9 Å². The van der Waals surface area contributed by atoms with Crippen LogP contribution >= 0.6 is 15.9 Å². The van der Waals surface area contributed by atoms with Crippen molar-refractivity contribution in [2.24, 2.45) is 5.73 Å².